The summed E-state index contributed by atoms with van der Waals surface area (Å²) in [5, 5.41) is 0. The Kier molecular flexibility index (Phi) is 4.78. The average molecular weight is 186 g/mol. The quantitative estimate of drug-likeness (QED) is 0.584. The molecule has 0 atom stereocenters. The summed E-state index contributed by atoms with van der Waals surface area (Å²) in [7, 11) is 0. The van der Waals surface area contributed by atoms with Gasteiger partial charge in [-0.05, 0) is 6.42 Å². The normalized spacial score (nSPS) is 17.5. The van der Waals surface area contributed by atoms with Crippen LogP contribution in [0.3, 0.4) is 0 Å². The fourth-order valence-electron chi connectivity index (χ4n) is 1.17. The zero-order chi connectivity index (χ0) is 9.52. The van der Waals surface area contributed by atoms with Gasteiger partial charge < -0.3 is 14.4 Å². The van der Waals surface area contributed by atoms with Crippen LogP contribution in [0.2, 0.25) is 0 Å². The van der Waals surface area contributed by atoms with E-state index in [1.54, 1.807) is 4.90 Å². The lowest BCUT2D eigenvalue weighted by Gasteiger charge is -2.26. The molecule has 0 N–H and O–H groups in total. The van der Waals surface area contributed by atoms with E-state index in [-0.39, 0.29) is 12.5 Å². The molecule has 1 fully saturated rings. The number of nitrogens with zero attached hydrogens (tertiary/aromatic N) is 1. The fraction of sp³-hybridized carbons (Fsp3) is 0.778. The predicted molar refractivity (Wildman–Crippen MR) is 48.2 cm³/mol. The molecule has 1 saturated heterocycles. The lowest BCUT2D eigenvalue weighted by atomic mass is 10.4. The Balaban J connectivity index is 2.13. The molecule has 0 aromatic carbocycles. The number of hydrogen-bond donors (Lipinski definition) is 0. The van der Waals surface area contributed by atoms with Gasteiger partial charge in [0.2, 0.25) is 5.91 Å². The van der Waals surface area contributed by atoms with E-state index in [2.05, 4.69) is 6.92 Å². The van der Waals surface area contributed by atoms with Crippen molar-refractivity contribution in [2.45, 2.75) is 6.42 Å². The molecule has 1 aliphatic rings. The number of rotatable bonds is 4. The second-order valence-electron chi connectivity index (χ2n) is 2.90. The summed E-state index contributed by atoms with van der Waals surface area (Å²) in [5.74, 6) is 0.0525. The molecule has 1 heterocycles. The summed E-state index contributed by atoms with van der Waals surface area (Å²) in [6.45, 7) is 7.01. The van der Waals surface area contributed by atoms with Crippen LogP contribution < -0.4 is 0 Å². The summed E-state index contributed by atoms with van der Waals surface area (Å²) < 4.78 is 10.2. The molecule has 1 aliphatic heterocycles. The Labute approximate surface area is 78.8 Å². The third-order valence-corrected chi connectivity index (χ3v) is 1.88. The molecular weight excluding hydrogens is 170 g/mol. The lowest BCUT2D eigenvalue weighted by molar-refractivity contribution is -0.140. The van der Waals surface area contributed by atoms with Crippen LogP contribution in [0.5, 0.6) is 0 Å². The first-order chi connectivity index (χ1) is 6.34. The average Bonchev–Trinajstić information content (AvgIpc) is 2.19. The second kappa shape index (κ2) is 5.94. The first-order valence-corrected chi connectivity index (χ1v) is 4.57. The maximum absolute atomic E-state index is 11.4. The highest BCUT2D eigenvalue weighted by atomic mass is 16.5. The van der Waals surface area contributed by atoms with Gasteiger partial charge in [-0.25, -0.2) is 0 Å². The molecule has 0 spiro atoms. The maximum Gasteiger partial charge on any atom is 0.248 e. The van der Waals surface area contributed by atoms with Gasteiger partial charge in [-0.2, -0.15) is 0 Å². The van der Waals surface area contributed by atoms with Gasteiger partial charge in [0.1, 0.15) is 6.61 Å². The number of carbonyl (C=O) groups excluding carboxylic acids is 1. The zero-order valence-corrected chi connectivity index (χ0v) is 7.83. The topological polar surface area (TPSA) is 38.8 Å². The summed E-state index contributed by atoms with van der Waals surface area (Å²) in [5.41, 5.74) is 0. The van der Waals surface area contributed by atoms with Crippen LogP contribution in [-0.2, 0) is 14.3 Å². The van der Waals surface area contributed by atoms with Crippen LogP contribution in [0.1, 0.15) is 6.42 Å². The van der Waals surface area contributed by atoms with Crippen LogP contribution in [0, 0.1) is 6.92 Å². The second-order valence-corrected chi connectivity index (χ2v) is 2.90. The first-order valence-electron chi connectivity index (χ1n) is 4.57. The number of hydrogen-bond acceptors (Lipinski definition) is 3. The van der Waals surface area contributed by atoms with E-state index in [0.717, 1.165) is 0 Å². The van der Waals surface area contributed by atoms with E-state index in [1.807, 2.05) is 0 Å². The van der Waals surface area contributed by atoms with Gasteiger partial charge >= 0.3 is 0 Å². The third kappa shape index (κ3) is 3.74. The van der Waals surface area contributed by atoms with Crippen molar-refractivity contribution in [1.82, 2.24) is 4.90 Å². The Morgan fingerprint density at radius 1 is 1.46 bits per heavy atom. The molecule has 0 bridgehead atoms. The molecule has 75 valence electrons. The van der Waals surface area contributed by atoms with Gasteiger partial charge in [0.25, 0.3) is 0 Å². The summed E-state index contributed by atoms with van der Waals surface area (Å²) in [4.78, 5) is 13.2. The van der Waals surface area contributed by atoms with E-state index < -0.39 is 0 Å². The number of amides is 1. The van der Waals surface area contributed by atoms with Crippen molar-refractivity contribution >= 4 is 5.91 Å². The van der Waals surface area contributed by atoms with Crippen molar-refractivity contribution in [3.8, 4) is 0 Å². The Bertz CT molecular complexity index is 155. The Hall–Kier alpha value is -0.610. The van der Waals surface area contributed by atoms with Crippen molar-refractivity contribution in [3.05, 3.63) is 6.92 Å². The highest BCUT2D eigenvalue weighted by Gasteiger charge is 2.15. The minimum absolute atomic E-state index is 0.0525. The number of ether oxygens (including phenoxy) is 2. The van der Waals surface area contributed by atoms with E-state index in [4.69, 9.17) is 9.47 Å². The van der Waals surface area contributed by atoms with Crippen molar-refractivity contribution in [2.75, 3.05) is 39.5 Å². The summed E-state index contributed by atoms with van der Waals surface area (Å²) >= 11 is 0. The van der Waals surface area contributed by atoms with Gasteiger partial charge in [0.15, 0.2) is 0 Å². The van der Waals surface area contributed by atoms with Crippen molar-refractivity contribution in [1.29, 1.82) is 0 Å². The smallest absolute Gasteiger partial charge is 0.248 e. The third-order valence-electron chi connectivity index (χ3n) is 1.88. The Morgan fingerprint density at radius 3 is 2.77 bits per heavy atom. The molecule has 0 aromatic rings. The van der Waals surface area contributed by atoms with Crippen molar-refractivity contribution in [3.63, 3.8) is 0 Å². The minimum atomic E-state index is 0.0525. The molecule has 0 aliphatic carbocycles. The van der Waals surface area contributed by atoms with Gasteiger partial charge in [-0.3, -0.25) is 4.79 Å². The molecule has 0 unspecified atom stereocenters. The molecule has 0 saturated carbocycles. The molecule has 4 heteroatoms. The molecule has 0 aromatic heterocycles. The molecular formula is C9H16NO3. The largest absolute Gasteiger partial charge is 0.378 e. The van der Waals surface area contributed by atoms with E-state index >= 15 is 0 Å². The molecule has 1 amide bonds. The molecule has 1 radical (unpaired) electrons. The monoisotopic (exact) mass is 186 g/mol. The zero-order valence-electron chi connectivity index (χ0n) is 7.83. The van der Waals surface area contributed by atoms with Crippen LogP contribution in [0.25, 0.3) is 0 Å². The fourth-order valence-corrected chi connectivity index (χ4v) is 1.17. The van der Waals surface area contributed by atoms with Crippen LogP contribution in [0.4, 0.5) is 0 Å². The molecule has 13 heavy (non-hydrogen) atoms. The molecule has 1 rings (SSSR count). The Morgan fingerprint density at radius 2 is 2.15 bits per heavy atom. The number of morpholine rings is 1. The van der Waals surface area contributed by atoms with E-state index in [9.17, 15) is 4.79 Å². The standard InChI is InChI=1S/C9H16NO3/c1-2-5-13-8-9(11)10-3-6-12-7-4-10/h1-8H2. The summed E-state index contributed by atoms with van der Waals surface area (Å²) in [6, 6.07) is 0. The van der Waals surface area contributed by atoms with E-state index in [0.29, 0.717) is 39.3 Å². The lowest BCUT2D eigenvalue weighted by Crippen LogP contribution is -2.42. The number of carbonyl (C=O) groups is 1. The van der Waals surface area contributed by atoms with Gasteiger partial charge in [0, 0.05) is 19.7 Å². The summed E-state index contributed by atoms with van der Waals surface area (Å²) in [6.07, 6.45) is 0.705. The molecule has 4 nitrogen and oxygen atoms in total. The minimum Gasteiger partial charge on any atom is -0.378 e. The van der Waals surface area contributed by atoms with Gasteiger partial charge in [-0.1, -0.05) is 6.92 Å². The van der Waals surface area contributed by atoms with Gasteiger partial charge in [-0.15, -0.1) is 0 Å². The SMILES string of the molecule is [CH2]CCOCC(=O)N1CCOCC1. The predicted octanol–water partition coefficient (Wildman–Crippen LogP) is 0.0860. The van der Waals surface area contributed by atoms with Gasteiger partial charge in [0.05, 0.1) is 13.2 Å². The first kappa shape index (κ1) is 10.5. The van der Waals surface area contributed by atoms with Crippen molar-refractivity contribution < 1.29 is 14.3 Å². The van der Waals surface area contributed by atoms with Crippen molar-refractivity contribution in [2.24, 2.45) is 0 Å². The highest BCUT2D eigenvalue weighted by Crippen LogP contribution is 1.97. The van der Waals surface area contributed by atoms with E-state index in [1.165, 1.54) is 0 Å². The van der Waals surface area contributed by atoms with Crippen LogP contribution >= 0.6 is 0 Å². The highest BCUT2D eigenvalue weighted by molar-refractivity contribution is 5.77. The maximum atomic E-state index is 11.4. The van der Waals surface area contributed by atoms with Crippen LogP contribution in [0.15, 0.2) is 0 Å². The van der Waals surface area contributed by atoms with Crippen LogP contribution in [-0.4, -0.2) is 50.3 Å².